The van der Waals surface area contributed by atoms with Crippen LogP contribution in [0.4, 0.5) is 8.78 Å². The minimum absolute atomic E-state index is 0.0262. The number of aromatic carboxylic acids is 1. The van der Waals surface area contributed by atoms with Crippen molar-refractivity contribution >= 4 is 63.5 Å². The van der Waals surface area contributed by atoms with Crippen LogP contribution in [0.2, 0.25) is 0 Å². The summed E-state index contributed by atoms with van der Waals surface area (Å²) in [5.41, 5.74) is 1.79. The van der Waals surface area contributed by atoms with E-state index in [2.05, 4.69) is 10.2 Å². The number of morpholine rings is 1. The van der Waals surface area contributed by atoms with Crippen LogP contribution in [0.1, 0.15) is 27.2 Å². The number of hydrogen-bond donors (Lipinski definition) is 2. The van der Waals surface area contributed by atoms with Crippen LogP contribution in [-0.4, -0.2) is 76.6 Å². The van der Waals surface area contributed by atoms with Gasteiger partial charge in [0.2, 0.25) is 5.91 Å². The molecule has 44 heavy (non-hydrogen) atoms. The topological polar surface area (TPSA) is 108 Å². The Hall–Kier alpha value is -3.69. The van der Waals surface area contributed by atoms with Crippen LogP contribution < -0.4 is 10.1 Å². The lowest BCUT2D eigenvalue weighted by atomic mass is 10.1. The maximum absolute atomic E-state index is 13.6. The van der Waals surface area contributed by atoms with Crippen molar-refractivity contribution < 1.29 is 37.7 Å². The second-order valence-corrected chi connectivity index (χ2v) is 12.5. The monoisotopic (exact) mass is 659 g/mol. The Labute approximate surface area is 265 Å². The fourth-order valence-corrected chi connectivity index (χ4v) is 6.68. The normalized spacial score (nSPS) is 16.5. The first-order chi connectivity index (χ1) is 21.2. The van der Waals surface area contributed by atoms with Gasteiger partial charge in [-0.05, 0) is 59.0 Å². The van der Waals surface area contributed by atoms with Gasteiger partial charge in [0.1, 0.15) is 16.8 Å². The summed E-state index contributed by atoms with van der Waals surface area (Å²) >= 11 is 7.86. The molecule has 230 valence electrons. The number of halogens is 2. The summed E-state index contributed by atoms with van der Waals surface area (Å²) in [5, 5.41) is 14.0. The number of rotatable bonds is 11. The number of carbonyl (C=O) groups is 3. The number of carboxylic acid groups (broad SMARTS) is 1. The average molecular weight is 660 g/mol. The number of carbonyl (C=O) groups excluding carboxylic acids is 2. The van der Waals surface area contributed by atoms with E-state index in [0.717, 1.165) is 41.9 Å². The van der Waals surface area contributed by atoms with Crippen molar-refractivity contribution in [3.63, 3.8) is 0 Å². The molecule has 0 saturated carbocycles. The van der Waals surface area contributed by atoms with Crippen LogP contribution in [0.25, 0.3) is 17.2 Å². The number of thiocarbonyl (C=S) groups is 1. The molecule has 2 amide bonds. The molecule has 0 atom stereocenters. The van der Waals surface area contributed by atoms with Crippen LogP contribution in [0.15, 0.2) is 52.7 Å². The molecule has 2 aliphatic heterocycles. The van der Waals surface area contributed by atoms with Crippen LogP contribution >= 0.6 is 35.3 Å². The summed E-state index contributed by atoms with van der Waals surface area (Å²) in [7, 11) is 0. The number of ether oxygens (including phenoxy) is 2. The van der Waals surface area contributed by atoms with Gasteiger partial charge >= 0.3 is 5.97 Å². The van der Waals surface area contributed by atoms with E-state index < -0.39 is 17.6 Å². The first-order valence-corrected chi connectivity index (χ1v) is 15.6. The number of nitrogens with one attached hydrogen (secondary N) is 1. The molecule has 0 bridgehead atoms. The van der Waals surface area contributed by atoms with Gasteiger partial charge in [-0.1, -0.05) is 30.0 Å². The van der Waals surface area contributed by atoms with Gasteiger partial charge in [0.25, 0.3) is 5.91 Å². The summed E-state index contributed by atoms with van der Waals surface area (Å²) in [4.78, 5) is 41.9. The zero-order chi connectivity index (χ0) is 31.2. The molecule has 1 aromatic heterocycles. The van der Waals surface area contributed by atoms with Crippen LogP contribution in [0.3, 0.4) is 0 Å². The minimum atomic E-state index is -1.09. The van der Waals surface area contributed by atoms with Crippen molar-refractivity contribution in [3.8, 4) is 16.9 Å². The molecular formula is C30H27F2N3O6S3. The molecule has 0 radical (unpaired) electrons. The minimum Gasteiger partial charge on any atom is -0.478 e. The highest BCUT2D eigenvalue weighted by atomic mass is 32.2. The highest BCUT2D eigenvalue weighted by Crippen LogP contribution is 2.35. The number of benzene rings is 2. The molecule has 3 heterocycles. The Kier molecular flexibility index (Phi) is 10.4. The highest BCUT2D eigenvalue weighted by molar-refractivity contribution is 8.26. The highest BCUT2D eigenvalue weighted by Gasteiger charge is 2.32. The SMILES string of the molecule is O=C(CCN1C(=O)C(=Cc2cc(-c3ccc(F)c(F)c3)cs2)SC1=S)NCc1cc(C(=O)O)ccc1OCN1CCOCC1. The summed E-state index contributed by atoms with van der Waals surface area (Å²) in [6.07, 6.45) is 1.66. The zero-order valence-electron chi connectivity index (χ0n) is 23.2. The Morgan fingerprint density at radius 3 is 2.64 bits per heavy atom. The van der Waals surface area contributed by atoms with Crippen molar-refractivity contribution in [1.29, 1.82) is 0 Å². The average Bonchev–Trinajstić information content (AvgIpc) is 3.59. The lowest BCUT2D eigenvalue weighted by molar-refractivity contribution is -0.123. The van der Waals surface area contributed by atoms with Gasteiger partial charge in [-0.25, -0.2) is 13.6 Å². The Balaban J connectivity index is 1.16. The number of thioether (sulfide) groups is 1. The van der Waals surface area contributed by atoms with E-state index in [1.54, 1.807) is 23.6 Å². The second kappa shape index (κ2) is 14.4. The predicted molar refractivity (Wildman–Crippen MR) is 167 cm³/mol. The quantitative estimate of drug-likeness (QED) is 0.218. The lowest BCUT2D eigenvalue weighted by Crippen LogP contribution is -2.38. The third kappa shape index (κ3) is 7.87. The predicted octanol–water partition coefficient (Wildman–Crippen LogP) is 4.97. The first-order valence-electron chi connectivity index (χ1n) is 13.5. The van der Waals surface area contributed by atoms with E-state index >= 15 is 0 Å². The molecule has 0 aliphatic carbocycles. The molecule has 3 aromatic rings. The van der Waals surface area contributed by atoms with Gasteiger partial charge in [0.15, 0.2) is 11.6 Å². The van der Waals surface area contributed by atoms with Gasteiger partial charge in [-0.3, -0.25) is 19.4 Å². The molecule has 2 aliphatic rings. The summed E-state index contributed by atoms with van der Waals surface area (Å²) in [6, 6.07) is 9.93. The molecule has 2 fully saturated rings. The lowest BCUT2D eigenvalue weighted by Gasteiger charge is -2.26. The molecule has 2 N–H and O–H groups in total. The Morgan fingerprint density at radius 2 is 1.89 bits per heavy atom. The molecule has 2 saturated heterocycles. The fourth-order valence-electron chi connectivity index (χ4n) is 4.46. The third-order valence-electron chi connectivity index (χ3n) is 6.87. The largest absolute Gasteiger partial charge is 0.478 e. The van der Waals surface area contributed by atoms with Crippen molar-refractivity contribution in [1.82, 2.24) is 15.1 Å². The van der Waals surface area contributed by atoms with E-state index in [1.807, 2.05) is 0 Å². The van der Waals surface area contributed by atoms with Gasteiger partial charge < -0.3 is 19.9 Å². The molecule has 2 aromatic carbocycles. The van der Waals surface area contributed by atoms with Crippen molar-refractivity contribution in [3.05, 3.63) is 80.4 Å². The number of carboxylic acids is 1. The molecule has 0 spiro atoms. The van der Waals surface area contributed by atoms with Crippen LogP contribution in [-0.2, 0) is 20.9 Å². The van der Waals surface area contributed by atoms with Crippen LogP contribution in [0, 0.1) is 11.6 Å². The fraction of sp³-hybridized carbons (Fsp3) is 0.267. The van der Waals surface area contributed by atoms with Gasteiger partial charge in [0, 0.05) is 43.0 Å². The van der Waals surface area contributed by atoms with Crippen LogP contribution in [0.5, 0.6) is 5.75 Å². The van der Waals surface area contributed by atoms with E-state index in [-0.39, 0.29) is 36.9 Å². The third-order valence-corrected chi connectivity index (χ3v) is 9.13. The van der Waals surface area contributed by atoms with Gasteiger partial charge in [0.05, 0.1) is 23.7 Å². The number of nitrogens with zero attached hydrogens (tertiary/aromatic N) is 2. The van der Waals surface area contributed by atoms with E-state index in [0.29, 0.717) is 51.6 Å². The standard InChI is InChI=1S/C30H27F2N3O6S3/c31-23-3-1-18(13-24(23)32)21-12-22(43-16-21)14-26-28(37)35(30(42)44-26)6-5-27(36)33-15-20-11-19(29(38)39)2-4-25(20)41-17-34-7-9-40-10-8-34/h1-4,11-14,16H,5-10,15,17H2,(H,33,36)(H,38,39). The zero-order valence-corrected chi connectivity index (χ0v) is 25.7. The van der Waals surface area contributed by atoms with Crippen molar-refractivity contribution in [2.75, 3.05) is 39.6 Å². The van der Waals surface area contributed by atoms with E-state index in [9.17, 15) is 28.3 Å². The number of amides is 2. The Bertz CT molecular complexity index is 1620. The first kappa shape index (κ1) is 31.7. The van der Waals surface area contributed by atoms with E-state index in [1.165, 1.54) is 34.4 Å². The van der Waals surface area contributed by atoms with Crippen molar-refractivity contribution in [2.45, 2.75) is 13.0 Å². The maximum atomic E-state index is 13.6. The molecular weight excluding hydrogens is 633 g/mol. The number of thiophene rings is 1. The summed E-state index contributed by atoms with van der Waals surface area (Å²) < 4.78 is 38.5. The molecule has 0 unspecified atom stereocenters. The summed E-state index contributed by atoms with van der Waals surface area (Å²) in [6.45, 7) is 3.06. The number of hydrogen-bond acceptors (Lipinski definition) is 9. The maximum Gasteiger partial charge on any atom is 0.335 e. The van der Waals surface area contributed by atoms with E-state index in [4.69, 9.17) is 21.7 Å². The van der Waals surface area contributed by atoms with Gasteiger partial charge in [-0.2, -0.15) is 0 Å². The summed E-state index contributed by atoms with van der Waals surface area (Å²) in [5.74, 6) is -3.17. The smallest absolute Gasteiger partial charge is 0.335 e. The Morgan fingerprint density at radius 1 is 1.09 bits per heavy atom. The molecule has 5 rings (SSSR count). The molecule has 9 nitrogen and oxygen atoms in total. The second-order valence-electron chi connectivity index (χ2n) is 9.86. The molecule has 14 heteroatoms. The van der Waals surface area contributed by atoms with Gasteiger partial charge in [-0.15, -0.1) is 11.3 Å². The van der Waals surface area contributed by atoms with Crippen molar-refractivity contribution in [2.24, 2.45) is 0 Å².